The lowest BCUT2D eigenvalue weighted by Gasteiger charge is -2.41. The van der Waals surface area contributed by atoms with Crippen LogP contribution in [0.4, 0.5) is 9.59 Å². The molecule has 42 heavy (non-hydrogen) atoms. The van der Waals surface area contributed by atoms with E-state index < -0.39 is 5.60 Å². The number of carbonyl (C=O) groups excluding carboxylic acids is 2. The van der Waals surface area contributed by atoms with Crippen molar-refractivity contribution < 1.29 is 23.8 Å². The number of urea groups is 1. The van der Waals surface area contributed by atoms with Gasteiger partial charge in [-0.2, -0.15) is 0 Å². The second kappa shape index (κ2) is 11.4. The molecule has 1 aromatic carbocycles. The number of nitrogens with one attached hydrogen (secondary N) is 1. The Hall–Kier alpha value is -3.34. The molecule has 0 saturated carbocycles. The maximum Gasteiger partial charge on any atom is 0.410 e. The second-order valence-electron chi connectivity index (χ2n) is 12.3. The van der Waals surface area contributed by atoms with Gasteiger partial charge in [-0.15, -0.1) is 0 Å². The number of pyridine rings is 1. The summed E-state index contributed by atoms with van der Waals surface area (Å²) in [6.07, 6.45) is 3.91. The van der Waals surface area contributed by atoms with Gasteiger partial charge in [-0.25, -0.2) is 14.6 Å². The summed E-state index contributed by atoms with van der Waals surface area (Å²) in [6.45, 7) is 11.6. The smallest absolute Gasteiger partial charge is 0.410 e. The van der Waals surface area contributed by atoms with Gasteiger partial charge >= 0.3 is 12.1 Å². The number of ether oxygens (including phenoxy) is 3. The Labute approximate surface area is 250 Å². The molecule has 2 aromatic heterocycles. The highest BCUT2D eigenvalue weighted by Crippen LogP contribution is 2.38. The summed E-state index contributed by atoms with van der Waals surface area (Å²) in [4.78, 5) is 40.3. The van der Waals surface area contributed by atoms with Crippen LogP contribution >= 0.6 is 11.6 Å². The number of amides is 3. The fraction of sp³-hybridized carbons (Fsp3) is 0.516. The van der Waals surface area contributed by atoms with Gasteiger partial charge in [0, 0.05) is 56.1 Å². The van der Waals surface area contributed by atoms with Gasteiger partial charge in [0.25, 0.3) is 0 Å². The van der Waals surface area contributed by atoms with Crippen LogP contribution in [0, 0.1) is 0 Å². The van der Waals surface area contributed by atoms with Crippen molar-refractivity contribution in [1.82, 2.24) is 24.7 Å². The van der Waals surface area contributed by atoms with Crippen LogP contribution in [-0.2, 0) is 27.2 Å². The molecule has 2 fully saturated rings. The lowest BCUT2D eigenvalue weighted by molar-refractivity contribution is -0.0335. The molecule has 1 N–H and O–H groups in total. The van der Waals surface area contributed by atoms with E-state index in [1.165, 1.54) is 0 Å². The number of rotatable bonds is 2. The second-order valence-corrected chi connectivity index (χ2v) is 12.7. The molecule has 0 spiro atoms. The van der Waals surface area contributed by atoms with Crippen LogP contribution in [-0.4, -0.2) is 94.5 Å². The average molecular weight is 596 g/mol. The molecule has 0 radical (unpaired) electrons. The Kier molecular flexibility index (Phi) is 7.80. The Morgan fingerprint density at radius 3 is 2.71 bits per heavy atom. The molecule has 0 bridgehead atoms. The summed E-state index contributed by atoms with van der Waals surface area (Å²) < 4.78 is 17.4. The average Bonchev–Trinajstić information content (AvgIpc) is 3.34. The number of benzene rings is 1. The third-order valence-corrected chi connectivity index (χ3v) is 8.40. The minimum absolute atomic E-state index is 0.0131. The first-order valence-electron chi connectivity index (χ1n) is 14.6. The molecule has 5 heterocycles. The lowest BCUT2D eigenvalue weighted by atomic mass is 9.87. The van der Waals surface area contributed by atoms with E-state index in [0.29, 0.717) is 64.0 Å². The van der Waals surface area contributed by atoms with E-state index in [0.717, 1.165) is 38.9 Å². The topological polar surface area (TPSA) is 100 Å². The van der Waals surface area contributed by atoms with E-state index in [4.69, 9.17) is 25.8 Å². The number of hydrogen-bond donors (Lipinski definition) is 1. The van der Waals surface area contributed by atoms with E-state index in [-0.39, 0.29) is 24.3 Å². The molecule has 3 amide bonds. The highest BCUT2D eigenvalue weighted by atomic mass is 35.5. The van der Waals surface area contributed by atoms with Crippen LogP contribution in [0.15, 0.2) is 30.6 Å². The van der Waals surface area contributed by atoms with Gasteiger partial charge in [0.05, 0.1) is 37.0 Å². The fourth-order valence-corrected chi connectivity index (χ4v) is 6.25. The zero-order valence-corrected chi connectivity index (χ0v) is 25.4. The summed E-state index contributed by atoms with van der Waals surface area (Å²) in [5.74, 6) is 0. The van der Waals surface area contributed by atoms with Crippen LogP contribution in [0.1, 0.15) is 50.4 Å². The molecule has 0 unspecified atom stereocenters. The number of fused-ring (bicyclic) bond motifs is 2. The van der Waals surface area contributed by atoms with Gasteiger partial charge in [-0.05, 0) is 68.5 Å². The zero-order valence-electron chi connectivity index (χ0n) is 24.6. The number of halogens is 1. The maximum absolute atomic E-state index is 13.6. The van der Waals surface area contributed by atoms with Crippen molar-refractivity contribution in [3.05, 3.63) is 52.3 Å². The van der Waals surface area contributed by atoms with Crippen molar-refractivity contribution in [2.24, 2.45) is 0 Å². The van der Waals surface area contributed by atoms with Crippen molar-refractivity contribution in [3.8, 4) is 11.1 Å². The van der Waals surface area contributed by atoms with Crippen LogP contribution in [0.5, 0.6) is 0 Å². The molecular formula is C31H38ClN5O5. The number of carbonyl (C=O) groups is 2. The third kappa shape index (κ3) is 5.80. The first-order valence-corrected chi connectivity index (χ1v) is 15.0. The molecule has 3 aliphatic rings. The summed E-state index contributed by atoms with van der Waals surface area (Å²) in [5.41, 5.74) is 5.17. The van der Waals surface area contributed by atoms with Gasteiger partial charge in [0.2, 0.25) is 0 Å². The molecule has 2 saturated heterocycles. The standard InChI is InChI=1S/C31H38ClN5O5/c1-19-16-36(7-10-41-19)29(38)35-6-5-20-11-21(22-13-24-26(32)15-34-28(24)33-14-22)12-23(25(20)17-35)27-18-40-9-8-37(27)30(39)42-31(2,3)4/h11-15,19,27H,5-10,16-18H2,1-4H3,(H,33,34)/t19-,27+/m1/s1. The van der Waals surface area contributed by atoms with Crippen molar-refractivity contribution in [1.29, 1.82) is 0 Å². The van der Waals surface area contributed by atoms with E-state index in [9.17, 15) is 9.59 Å². The number of aromatic amines is 1. The zero-order chi connectivity index (χ0) is 29.6. The number of H-pyrrole nitrogens is 1. The summed E-state index contributed by atoms with van der Waals surface area (Å²) >= 11 is 6.43. The number of morpholine rings is 2. The Balaban J connectivity index is 1.40. The number of hydrogen-bond acceptors (Lipinski definition) is 6. The van der Waals surface area contributed by atoms with Gasteiger partial charge < -0.3 is 29.0 Å². The van der Waals surface area contributed by atoms with Crippen molar-refractivity contribution in [2.75, 3.05) is 46.0 Å². The predicted molar refractivity (Wildman–Crippen MR) is 160 cm³/mol. The van der Waals surface area contributed by atoms with Crippen molar-refractivity contribution >= 4 is 34.8 Å². The highest BCUT2D eigenvalue weighted by molar-refractivity contribution is 6.35. The molecule has 2 atom stereocenters. The van der Waals surface area contributed by atoms with Gasteiger partial charge in [-0.1, -0.05) is 17.7 Å². The summed E-state index contributed by atoms with van der Waals surface area (Å²) in [6, 6.07) is 5.99. The molecule has 224 valence electrons. The monoisotopic (exact) mass is 595 g/mol. The van der Waals surface area contributed by atoms with E-state index in [2.05, 4.69) is 22.1 Å². The Morgan fingerprint density at radius 2 is 1.93 bits per heavy atom. The maximum atomic E-state index is 13.6. The van der Waals surface area contributed by atoms with E-state index >= 15 is 0 Å². The fourth-order valence-electron chi connectivity index (χ4n) is 6.05. The Bertz CT molecular complexity index is 1500. The normalized spacial score (nSPS) is 21.4. The van der Waals surface area contributed by atoms with Crippen molar-refractivity contribution in [3.63, 3.8) is 0 Å². The van der Waals surface area contributed by atoms with Crippen LogP contribution in [0.25, 0.3) is 22.2 Å². The molecule has 10 nitrogen and oxygen atoms in total. The molecule has 6 rings (SSSR count). The quantitative estimate of drug-likeness (QED) is 0.426. The summed E-state index contributed by atoms with van der Waals surface area (Å²) in [5, 5.41) is 1.46. The van der Waals surface area contributed by atoms with E-state index in [1.54, 1.807) is 11.1 Å². The summed E-state index contributed by atoms with van der Waals surface area (Å²) in [7, 11) is 0. The number of nitrogens with zero attached hydrogens (tertiary/aromatic N) is 4. The SMILES string of the molecule is C[C@@H]1CN(C(=O)N2CCc3cc(-c4cnc5[nH]cc(Cl)c5c4)cc([C@@H]4COCCN4C(=O)OC(C)(C)C)c3C2)CCO1. The van der Waals surface area contributed by atoms with Gasteiger partial charge in [0.1, 0.15) is 11.2 Å². The lowest BCUT2D eigenvalue weighted by Crippen LogP contribution is -2.51. The van der Waals surface area contributed by atoms with Gasteiger partial charge in [0.15, 0.2) is 0 Å². The molecule has 3 aliphatic heterocycles. The Morgan fingerprint density at radius 1 is 1.10 bits per heavy atom. The first-order chi connectivity index (χ1) is 20.1. The number of aromatic nitrogens is 2. The third-order valence-electron chi connectivity index (χ3n) is 8.09. The van der Waals surface area contributed by atoms with Crippen molar-refractivity contribution in [2.45, 2.75) is 58.4 Å². The van der Waals surface area contributed by atoms with Crippen LogP contribution in [0.2, 0.25) is 5.02 Å². The molecule has 3 aromatic rings. The van der Waals surface area contributed by atoms with Gasteiger partial charge in [-0.3, -0.25) is 4.90 Å². The first kappa shape index (κ1) is 28.8. The minimum Gasteiger partial charge on any atom is -0.444 e. The van der Waals surface area contributed by atoms with E-state index in [1.807, 2.05) is 49.8 Å². The predicted octanol–water partition coefficient (Wildman–Crippen LogP) is 5.39. The molecular weight excluding hydrogens is 558 g/mol. The van der Waals surface area contributed by atoms with Crippen LogP contribution in [0.3, 0.4) is 0 Å². The minimum atomic E-state index is -0.628. The highest BCUT2D eigenvalue weighted by Gasteiger charge is 2.36. The molecule has 11 heteroatoms. The largest absolute Gasteiger partial charge is 0.444 e. The van der Waals surface area contributed by atoms with Crippen LogP contribution < -0.4 is 0 Å². The molecule has 0 aliphatic carbocycles.